The van der Waals surface area contributed by atoms with Gasteiger partial charge in [0.1, 0.15) is 11.3 Å². The van der Waals surface area contributed by atoms with Gasteiger partial charge in [-0.15, -0.1) is 0 Å². The average molecular weight is 551 g/mol. The first kappa shape index (κ1) is 28.8. The number of benzene rings is 3. The number of phenols is 1. The lowest BCUT2D eigenvalue weighted by Crippen LogP contribution is -2.41. The molecular formula is C30H38N4O4S. The van der Waals surface area contributed by atoms with Crippen molar-refractivity contribution in [3.05, 3.63) is 75.4 Å². The van der Waals surface area contributed by atoms with Crippen molar-refractivity contribution in [2.24, 2.45) is 0 Å². The van der Waals surface area contributed by atoms with Gasteiger partial charge in [0.05, 0.1) is 24.3 Å². The van der Waals surface area contributed by atoms with E-state index in [1.54, 1.807) is 6.07 Å². The second kappa shape index (κ2) is 14.2. The first-order chi connectivity index (χ1) is 18.9. The molecule has 1 aromatic heterocycles. The molecule has 208 valence electrons. The van der Waals surface area contributed by atoms with Crippen LogP contribution in [0.3, 0.4) is 0 Å². The number of nitrogens with zero attached hydrogens (tertiary/aromatic N) is 2. The molecule has 0 fully saturated rings. The van der Waals surface area contributed by atoms with Gasteiger partial charge in [0.2, 0.25) is 5.91 Å². The normalized spacial score (nSPS) is 11.6. The molecule has 1 heterocycles. The Hall–Kier alpha value is -3.24. The molecule has 0 radical (unpaired) electrons. The van der Waals surface area contributed by atoms with E-state index in [0.29, 0.717) is 51.3 Å². The van der Waals surface area contributed by atoms with Gasteiger partial charge in [0, 0.05) is 26.2 Å². The third-order valence-corrected chi connectivity index (χ3v) is 7.75. The van der Waals surface area contributed by atoms with Crippen LogP contribution < -0.4 is 10.2 Å². The number of carbonyl (C=O) groups is 1. The molecule has 4 rings (SSSR count). The molecule has 0 aliphatic heterocycles. The van der Waals surface area contributed by atoms with Crippen LogP contribution in [0.1, 0.15) is 17.5 Å². The van der Waals surface area contributed by atoms with Crippen LogP contribution in [0, 0.1) is 0 Å². The Morgan fingerprint density at radius 2 is 1.77 bits per heavy atom. The number of thiazole rings is 1. The van der Waals surface area contributed by atoms with Crippen molar-refractivity contribution in [2.75, 3.05) is 60.0 Å². The van der Waals surface area contributed by atoms with Gasteiger partial charge in [-0.3, -0.25) is 9.59 Å². The fourth-order valence-electron chi connectivity index (χ4n) is 4.63. The molecule has 39 heavy (non-hydrogen) atoms. The van der Waals surface area contributed by atoms with E-state index in [2.05, 4.69) is 51.6 Å². The summed E-state index contributed by atoms with van der Waals surface area (Å²) in [4.78, 5) is 31.2. The van der Waals surface area contributed by atoms with Crippen molar-refractivity contribution in [1.29, 1.82) is 0 Å². The Bertz CT molecular complexity index is 1430. The zero-order valence-corrected chi connectivity index (χ0v) is 23.6. The molecule has 8 nitrogen and oxygen atoms in total. The van der Waals surface area contributed by atoms with Gasteiger partial charge in [-0.25, -0.2) is 0 Å². The second-order valence-corrected chi connectivity index (χ2v) is 10.9. The van der Waals surface area contributed by atoms with Crippen LogP contribution in [-0.2, 0) is 22.4 Å². The highest BCUT2D eigenvalue weighted by Crippen LogP contribution is 2.27. The van der Waals surface area contributed by atoms with Crippen molar-refractivity contribution in [3.8, 4) is 5.75 Å². The average Bonchev–Trinajstić information content (AvgIpc) is 3.33. The molecule has 4 aromatic rings. The van der Waals surface area contributed by atoms with Crippen LogP contribution >= 0.6 is 11.3 Å². The van der Waals surface area contributed by atoms with E-state index in [1.165, 1.54) is 16.3 Å². The largest absolute Gasteiger partial charge is 0.506 e. The maximum atomic E-state index is 13.0. The summed E-state index contributed by atoms with van der Waals surface area (Å²) in [5.41, 5.74) is 2.78. The Balaban J connectivity index is 1.20. The van der Waals surface area contributed by atoms with Crippen LogP contribution in [0.15, 0.2) is 59.4 Å². The molecule has 0 saturated heterocycles. The molecule has 0 saturated carbocycles. The number of likely N-dealkylation sites (N-methyl/N-ethyl adjacent to an activating group) is 1. The van der Waals surface area contributed by atoms with E-state index >= 15 is 0 Å². The van der Waals surface area contributed by atoms with E-state index in [9.17, 15) is 14.7 Å². The number of rotatable bonds is 15. The van der Waals surface area contributed by atoms with Gasteiger partial charge < -0.3 is 29.9 Å². The molecule has 0 atom stereocenters. The van der Waals surface area contributed by atoms with E-state index < -0.39 is 0 Å². The predicted molar refractivity (Wildman–Crippen MR) is 159 cm³/mol. The minimum Gasteiger partial charge on any atom is -0.506 e. The Morgan fingerprint density at radius 1 is 0.949 bits per heavy atom. The van der Waals surface area contributed by atoms with E-state index in [0.717, 1.165) is 41.0 Å². The topological polar surface area (TPSA) is 97.9 Å². The number of hydrogen-bond acceptors (Lipinski definition) is 7. The smallest absolute Gasteiger partial charge is 0.305 e. The first-order valence-corrected chi connectivity index (χ1v) is 14.3. The number of H-pyrrole nitrogens is 1. The van der Waals surface area contributed by atoms with Gasteiger partial charge >= 0.3 is 4.87 Å². The van der Waals surface area contributed by atoms with Crippen LogP contribution in [-0.4, -0.2) is 85.8 Å². The lowest BCUT2D eigenvalue weighted by Gasteiger charge is -2.25. The van der Waals surface area contributed by atoms with Gasteiger partial charge in [-0.1, -0.05) is 59.9 Å². The van der Waals surface area contributed by atoms with Gasteiger partial charge in [-0.05, 0) is 61.4 Å². The van der Waals surface area contributed by atoms with Crippen molar-refractivity contribution in [1.82, 2.24) is 20.1 Å². The fraction of sp³-hybridized carbons (Fsp3) is 0.400. The second-order valence-electron chi connectivity index (χ2n) is 9.90. The zero-order chi connectivity index (χ0) is 27.6. The predicted octanol–water partition coefficient (Wildman–Crippen LogP) is 3.62. The van der Waals surface area contributed by atoms with Gasteiger partial charge in [0.15, 0.2) is 0 Å². The number of phenolic OH excluding ortho intramolecular Hbond substituents is 1. The van der Waals surface area contributed by atoms with Gasteiger partial charge in [-0.2, -0.15) is 0 Å². The molecule has 3 aromatic carbocycles. The van der Waals surface area contributed by atoms with Crippen LogP contribution in [0.25, 0.3) is 21.0 Å². The van der Waals surface area contributed by atoms with Crippen LogP contribution in [0.4, 0.5) is 0 Å². The summed E-state index contributed by atoms with van der Waals surface area (Å²) in [5.74, 6) is 0.189. The summed E-state index contributed by atoms with van der Waals surface area (Å²) in [6, 6.07) is 18.2. The summed E-state index contributed by atoms with van der Waals surface area (Å²) in [5, 5.41) is 15.9. The molecule has 0 aliphatic carbocycles. The molecule has 1 amide bonds. The standard InChI is InChI=1S/C30H38N4O4S/c1-33(2)18-19-34(17-16-31-15-12-24-10-11-26(35)28-29(24)39-30(37)32-28)27(36)14-21-38-20-13-23-8-5-7-22-6-3-4-9-25(22)23/h3-11,31,35H,12-21H2,1-2H3,(H,32,37). The number of aromatic hydroxyl groups is 1. The lowest BCUT2D eigenvalue weighted by molar-refractivity contribution is -0.132. The first-order valence-electron chi connectivity index (χ1n) is 13.4. The molecule has 0 spiro atoms. The molecule has 9 heteroatoms. The SMILES string of the molecule is CN(C)CCN(CCNCCc1ccc(O)c2[nH]c(=O)sc12)C(=O)CCOCCc1cccc2ccccc12. The maximum absolute atomic E-state index is 13.0. The minimum atomic E-state index is -0.173. The fourth-order valence-corrected chi connectivity index (χ4v) is 5.52. The van der Waals surface area contributed by atoms with Crippen molar-refractivity contribution in [3.63, 3.8) is 0 Å². The zero-order valence-electron chi connectivity index (χ0n) is 22.7. The maximum Gasteiger partial charge on any atom is 0.305 e. The van der Waals surface area contributed by atoms with Crippen molar-refractivity contribution >= 4 is 38.2 Å². The van der Waals surface area contributed by atoms with Gasteiger partial charge in [0.25, 0.3) is 0 Å². The quantitative estimate of drug-likeness (QED) is 0.196. The summed E-state index contributed by atoms with van der Waals surface area (Å²) < 4.78 is 6.65. The monoisotopic (exact) mass is 550 g/mol. The number of aromatic amines is 1. The number of amides is 1. The summed E-state index contributed by atoms with van der Waals surface area (Å²) in [6.07, 6.45) is 1.90. The number of ether oxygens (including phenoxy) is 1. The number of hydrogen-bond donors (Lipinski definition) is 3. The summed E-state index contributed by atoms with van der Waals surface area (Å²) in [7, 11) is 4.01. The Kier molecular flexibility index (Phi) is 10.5. The summed E-state index contributed by atoms with van der Waals surface area (Å²) >= 11 is 1.12. The van der Waals surface area contributed by atoms with Crippen molar-refractivity contribution in [2.45, 2.75) is 19.3 Å². The molecular weight excluding hydrogens is 512 g/mol. The number of carbonyl (C=O) groups excluding carboxylic acids is 1. The molecule has 0 aliphatic rings. The highest BCUT2D eigenvalue weighted by Gasteiger charge is 2.14. The molecule has 0 bridgehead atoms. The van der Waals surface area contributed by atoms with E-state index in [-0.39, 0.29) is 16.5 Å². The highest BCUT2D eigenvalue weighted by molar-refractivity contribution is 7.16. The van der Waals surface area contributed by atoms with Crippen LogP contribution in [0.2, 0.25) is 0 Å². The third kappa shape index (κ3) is 8.12. The molecule has 0 unspecified atom stereocenters. The number of nitrogens with one attached hydrogen (secondary N) is 2. The third-order valence-electron chi connectivity index (χ3n) is 6.79. The Labute approximate surface area is 233 Å². The van der Waals surface area contributed by atoms with E-state index in [4.69, 9.17) is 4.74 Å². The Morgan fingerprint density at radius 3 is 2.62 bits per heavy atom. The number of aromatic nitrogens is 1. The van der Waals surface area contributed by atoms with E-state index in [1.807, 2.05) is 31.1 Å². The van der Waals surface area contributed by atoms with Crippen molar-refractivity contribution < 1.29 is 14.6 Å². The summed E-state index contributed by atoms with van der Waals surface area (Å²) in [6.45, 7) is 4.45. The van der Waals surface area contributed by atoms with Crippen LogP contribution in [0.5, 0.6) is 5.75 Å². The minimum absolute atomic E-state index is 0.0904. The highest BCUT2D eigenvalue weighted by atomic mass is 32.1. The number of fused-ring (bicyclic) bond motifs is 2. The molecule has 3 N–H and O–H groups in total. The lowest BCUT2D eigenvalue weighted by atomic mass is 10.0.